The van der Waals surface area contributed by atoms with Crippen molar-refractivity contribution in [1.29, 1.82) is 0 Å². The van der Waals surface area contributed by atoms with Gasteiger partial charge in [-0.3, -0.25) is 0 Å². The van der Waals surface area contributed by atoms with E-state index in [1.165, 1.54) is 25.7 Å². The fourth-order valence-corrected chi connectivity index (χ4v) is 2.53. The number of hydrogen-bond donors (Lipinski definition) is 2. The second-order valence-electron chi connectivity index (χ2n) is 5.23. The Morgan fingerprint density at radius 3 is 2.41 bits per heavy atom. The summed E-state index contributed by atoms with van der Waals surface area (Å²) in [5.74, 6) is 1.01. The van der Waals surface area contributed by atoms with E-state index in [1.54, 1.807) is 0 Å². The summed E-state index contributed by atoms with van der Waals surface area (Å²) in [5, 5.41) is 7.14. The Kier molecular flexibility index (Phi) is 4.37. The zero-order valence-corrected chi connectivity index (χ0v) is 10.8. The number of aromatic nitrogens is 1. The van der Waals surface area contributed by atoms with Crippen molar-refractivity contribution < 1.29 is 0 Å². The van der Waals surface area contributed by atoms with E-state index in [1.807, 2.05) is 24.4 Å². The summed E-state index contributed by atoms with van der Waals surface area (Å²) in [7, 11) is 0. The third-order valence-electron chi connectivity index (χ3n) is 3.31. The van der Waals surface area contributed by atoms with Crippen molar-refractivity contribution in [3.05, 3.63) is 24.4 Å². The molecule has 0 aliphatic heterocycles. The molecule has 0 radical (unpaired) electrons. The van der Waals surface area contributed by atoms with Crippen molar-refractivity contribution in [3.63, 3.8) is 0 Å². The van der Waals surface area contributed by atoms with Crippen LogP contribution in [0.25, 0.3) is 0 Å². The predicted octanol–water partition coefficient (Wildman–Crippen LogP) is 2.80. The van der Waals surface area contributed by atoms with Gasteiger partial charge in [0.05, 0.1) is 0 Å². The number of rotatable bonds is 4. The minimum atomic E-state index is 0.593. The number of anilines is 1. The van der Waals surface area contributed by atoms with Gasteiger partial charge in [-0.15, -0.1) is 0 Å². The lowest BCUT2D eigenvalue weighted by Crippen LogP contribution is -2.40. The van der Waals surface area contributed by atoms with Crippen LogP contribution in [0.5, 0.6) is 0 Å². The summed E-state index contributed by atoms with van der Waals surface area (Å²) in [6, 6.07) is 7.92. The third-order valence-corrected chi connectivity index (χ3v) is 3.31. The minimum Gasteiger partial charge on any atom is -0.367 e. The van der Waals surface area contributed by atoms with Gasteiger partial charge in [0.1, 0.15) is 5.82 Å². The van der Waals surface area contributed by atoms with Gasteiger partial charge in [0, 0.05) is 24.3 Å². The van der Waals surface area contributed by atoms with Crippen molar-refractivity contribution in [2.75, 3.05) is 5.32 Å². The topological polar surface area (TPSA) is 37.0 Å². The van der Waals surface area contributed by atoms with Crippen molar-refractivity contribution in [2.24, 2.45) is 0 Å². The molecule has 0 aromatic carbocycles. The van der Waals surface area contributed by atoms with Crippen LogP contribution >= 0.6 is 0 Å². The molecule has 0 bridgehead atoms. The molecule has 0 amide bonds. The summed E-state index contributed by atoms with van der Waals surface area (Å²) in [6.07, 6.45) is 6.85. The van der Waals surface area contributed by atoms with Crippen LogP contribution in [0.4, 0.5) is 5.82 Å². The van der Waals surface area contributed by atoms with Gasteiger partial charge in [-0.05, 0) is 37.8 Å². The highest BCUT2D eigenvalue weighted by molar-refractivity contribution is 5.34. The Labute approximate surface area is 104 Å². The van der Waals surface area contributed by atoms with Crippen molar-refractivity contribution >= 4 is 5.82 Å². The van der Waals surface area contributed by atoms with Crippen LogP contribution in [0.2, 0.25) is 0 Å². The Bertz CT molecular complexity index is 315. The summed E-state index contributed by atoms with van der Waals surface area (Å²) >= 11 is 0. The van der Waals surface area contributed by atoms with Crippen LogP contribution in [0.3, 0.4) is 0 Å². The van der Waals surface area contributed by atoms with Gasteiger partial charge >= 0.3 is 0 Å². The lowest BCUT2D eigenvalue weighted by atomic mass is 9.91. The largest absolute Gasteiger partial charge is 0.367 e. The molecule has 0 saturated heterocycles. The molecular formula is C14H23N3. The molecule has 2 rings (SSSR count). The van der Waals surface area contributed by atoms with E-state index in [2.05, 4.69) is 29.5 Å². The van der Waals surface area contributed by atoms with E-state index in [0.717, 1.165) is 5.82 Å². The summed E-state index contributed by atoms with van der Waals surface area (Å²) in [4.78, 5) is 4.31. The highest BCUT2D eigenvalue weighted by atomic mass is 15.0. The molecule has 1 aromatic heterocycles. The van der Waals surface area contributed by atoms with Crippen LogP contribution in [0.1, 0.15) is 39.5 Å². The van der Waals surface area contributed by atoms with E-state index in [0.29, 0.717) is 18.1 Å². The first kappa shape index (κ1) is 12.4. The first-order valence-corrected chi connectivity index (χ1v) is 6.67. The van der Waals surface area contributed by atoms with Gasteiger partial charge in [-0.25, -0.2) is 4.98 Å². The second-order valence-corrected chi connectivity index (χ2v) is 5.23. The first-order valence-electron chi connectivity index (χ1n) is 6.67. The predicted molar refractivity (Wildman–Crippen MR) is 72.2 cm³/mol. The molecule has 1 saturated carbocycles. The zero-order chi connectivity index (χ0) is 12.1. The summed E-state index contributed by atoms with van der Waals surface area (Å²) < 4.78 is 0. The molecule has 1 heterocycles. The average Bonchev–Trinajstić information content (AvgIpc) is 2.32. The summed E-state index contributed by atoms with van der Waals surface area (Å²) in [5.41, 5.74) is 0. The lowest BCUT2D eigenvalue weighted by Gasteiger charge is -2.31. The number of hydrogen-bond acceptors (Lipinski definition) is 3. The molecule has 1 aliphatic rings. The smallest absolute Gasteiger partial charge is 0.126 e. The molecule has 1 aromatic rings. The molecule has 1 fully saturated rings. The lowest BCUT2D eigenvalue weighted by molar-refractivity contribution is 0.335. The van der Waals surface area contributed by atoms with Crippen molar-refractivity contribution in [2.45, 2.75) is 57.7 Å². The maximum Gasteiger partial charge on any atom is 0.126 e. The van der Waals surface area contributed by atoms with Gasteiger partial charge < -0.3 is 10.6 Å². The Morgan fingerprint density at radius 1 is 1.12 bits per heavy atom. The minimum absolute atomic E-state index is 0.593. The molecule has 0 atom stereocenters. The molecule has 3 heteroatoms. The molecular weight excluding hydrogens is 210 g/mol. The number of nitrogens with zero attached hydrogens (tertiary/aromatic N) is 1. The monoisotopic (exact) mass is 233 g/mol. The standard InChI is InChI=1S/C14H23N3/c1-11(2)16-12-6-8-13(9-7-12)17-14-5-3-4-10-15-14/h3-5,10-13,16H,6-9H2,1-2H3,(H,15,17). The van der Waals surface area contributed by atoms with E-state index < -0.39 is 0 Å². The Morgan fingerprint density at radius 2 is 1.82 bits per heavy atom. The number of nitrogens with one attached hydrogen (secondary N) is 2. The van der Waals surface area contributed by atoms with Gasteiger partial charge in [0.15, 0.2) is 0 Å². The Hall–Kier alpha value is -1.09. The van der Waals surface area contributed by atoms with E-state index >= 15 is 0 Å². The molecule has 0 unspecified atom stereocenters. The maximum absolute atomic E-state index is 4.31. The maximum atomic E-state index is 4.31. The molecule has 2 N–H and O–H groups in total. The van der Waals surface area contributed by atoms with Crippen molar-refractivity contribution in [3.8, 4) is 0 Å². The molecule has 0 spiro atoms. The highest BCUT2D eigenvalue weighted by Gasteiger charge is 2.21. The van der Waals surface area contributed by atoms with Crippen LogP contribution in [-0.2, 0) is 0 Å². The van der Waals surface area contributed by atoms with Gasteiger partial charge in [0.25, 0.3) is 0 Å². The molecule has 17 heavy (non-hydrogen) atoms. The van der Waals surface area contributed by atoms with Gasteiger partial charge in [-0.2, -0.15) is 0 Å². The first-order chi connectivity index (χ1) is 8.24. The van der Waals surface area contributed by atoms with Crippen LogP contribution in [0, 0.1) is 0 Å². The SMILES string of the molecule is CC(C)NC1CCC(Nc2ccccn2)CC1. The van der Waals surface area contributed by atoms with Gasteiger partial charge in [0.2, 0.25) is 0 Å². The fourth-order valence-electron chi connectivity index (χ4n) is 2.53. The molecule has 1 aliphatic carbocycles. The summed E-state index contributed by atoms with van der Waals surface area (Å²) in [6.45, 7) is 4.44. The van der Waals surface area contributed by atoms with E-state index in [-0.39, 0.29) is 0 Å². The Balaban J connectivity index is 1.76. The van der Waals surface area contributed by atoms with Gasteiger partial charge in [-0.1, -0.05) is 19.9 Å². The van der Waals surface area contributed by atoms with E-state index in [9.17, 15) is 0 Å². The molecule has 3 nitrogen and oxygen atoms in total. The third kappa shape index (κ3) is 4.00. The average molecular weight is 233 g/mol. The fraction of sp³-hybridized carbons (Fsp3) is 0.643. The van der Waals surface area contributed by atoms with Crippen molar-refractivity contribution in [1.82, 2.24) is 10.3 Å². The van der Waals surface area contributed by atoms with Crippen LogP contribution in [0.15, 0.2) is 24.4 Å². The van der Waals surface area contributed by atoms with Crippen LogP contribution in [-0.4, -0.2) is 23.1 Å². The second kappa shape index (κ2) is 6.01. The number of pyridine rings is 1. The quantitative estimate of drug-likeness (QED) is 0.839. The normalized spacial score (nSPS) is 24.9. The zero-order valence-electron chi connectivity index (χ0n) is 10.8. The molecule has 94 valence electrons. The van der Waals surface area contributed by atoms with Crippen LogP contribution < -0.4 is 10.6 Å². The van der Waals surface area contributed by atoms with E-state index in [4.69, 9.17) is 0 Å². The highest BCUT2D eigenvalue weighted by Crippen LogP contribution is 2.21.